The normalized spacial score (nSPS) is 23.6. The van der Waals surface area contributed by atoms with E-state index in [2.05, 4.69) is 11.9 Å². The third-order valence-electron chi connectivity index (χ3n) is 26.2. The molecule has 1 unspecified atom stereocenters. The molecule has 0 radical (unpaired) electrons. The fraction of sp³-hybridized carbons (Fsp3) is 0.0725. The minimum Gasteiger partial charge on any atom is -0.508 e. The van der Waals surface area contributed by atoms with Gasteiger partial charge in [0.25, 0.3) is 0 Å². The van der Waals surface area contributed by atoms with E-state index in [1.54, 1.807) is 325 Å². The van der Waals surface area contributed by atoms with Crippen molar-refractivity contribution in [3.8, 4) is 11.5 Å². The van der Waals surface area contributed by atoms with Crippen LogP contribution in [0.5, 0.6) is 11.5 Å². The highest BCUT2D eigenvalue weighted by Crippen LogP contribution is 2.87. The number of likely N-dealkylation sites (tertiary alicyclic amines) is 1. The second-order valence-corrected chi connectivity index (χ2v) is 26.5. The number of hydrogen-bond acceptors (Lipinski definition) is 3. The molecule has 3 nitrogen and oxygen atoms in total. The molecule has 1 atom stereocenters. The van der Waals surface area contributed by atoms with Gasteiger partial charge < -0.3 is 10.2 Å². The Kier molecular flexibility index (Phi) is 2.27. The Balaban J connectivity index is 1.17. The summed E-state index contributed by atoms with van der Waals surface area (Å²) in [7, 11) is 2.40. The largest absolute Gasteiger partial charge is 0.508 e. The molecule has 5 aliphatic rings. The third kappa shape index (κ3) is 1.42. The number of likely N-dealkylation sites (N-methyl/N-ethyl adjacent to an activating group) is 1. The van der Waals surface area contributed by atoms with Gasteiger partial charge in [0.1, 0.15) is 11.5 Å². The molecule has 1 saturated heterocycles. The molecular formula is C69H11NO2. The van der Waals surface area contributed by atoms with Crippen LogP contribution in [0.1, 0.15) is 33.9 Å². The predicted molar refractivity (Wildman–Crippen MR) is 299 cm³/mol. The molecule has 1 fully saturated rings. The van der Waals surface area contributed by atoms with Crippen molar-refractivity contribution in [2.24, 2.45) is 0 Å². The lowest BCUT2D eigenvalue weighted by molar-refractivity contribution is 0.263. The maximum atomic E-state index is 12.7. The number of benzene rings is 19. The standard InChI is InChI=1S/C69H11NO2/c1-70-5-68-63-55-47-37-27-19-11-9-10-13-17-15(11)23-31-25(17)35-29-21(13)22-14(10)18-16-12(9)20(19)28-34-24(16)32-26(18)36-30(22)40-39(29)51-45(35)53-43(31)49(41(47)33(23)27)57(63)59(53)65-61(51)62-52(40)46(36)54-44(32)50-42(34)48(38(28)37)56(55)64(68)58(50)60(54)66(62)69(65,68)67(70)7-4-6(71)2-3-8(7)72/h2-4,67,71-72H,5H2,1H3. The molecule has 0 aromatic heterocycles. The van der Waals surface area contributed by atoms with Crippen molar-refractivity contribution in [3.05, 3.63) is 46.0 Å². The average molecular weight is 886 g/mol. The van der Waals surface area contributed by atoms with Crippen molar-refractivity contribution in [2.75, 3.05) is 13.6 Å². The number of hydrogen-bond donors (Lipinski definition) is 2. The van der Waals surface area contributed by atoms with Gasteiger partial charge in [-0.2, -0.15) is 0 Å². The van der Waals surface area contributed by atoms with E-state index in [1.165, 1.54) is 0 Å². The zero-order valence-corrected chi connectivity index (χ0v) is 36.9. The van der Waals surface area contributed by atoms with E-state index >= 15 is 0 Å². The highest BCUT2D eigenvalue weighted by atomic mass is 16.3. The van der Waals surface area contributed by atoms with E-state index in [-0.39, 0.29) is 11.8 Å². The first-order valence-corrected chi connectivity index (χ1v) is 26.6. The minimum atomic E-state index is -0.571. The Morgan fingerprint density at radius 2 is 0.514 bits per heavy atom. The van der Waals surface area contributed by atoms with Gasteiger partial charge in [0.2, 0.25) is 0 Å². The fourth-order valence-electron chi connectivity index (χ4n) is 26.3. The SMILES string of the molecule is CN1CC23c4c5c6c7c8c9c(c%10c%11c2c2c4c4c%12c5c5c6c6c8c8c%13c9c9c%10c%10c%11c%11c2c2c4c4c%12c%12c5c5c6c8c6c8c%13c9c9c%10c%10c%11c2c2c4c4c%12c5c6c5c8c9c%10c2c45)C73C1c1cc(O)ccc1O. The first-order valence-electron chi connectivity index (χ1n) is 26.6. The number of phenolic OH excluding ortho intramolecular Hbond substituents is 2. The lowest BCUT2D eigenvalue weighted by atomic mass is 9.47. The van der Waals surface area contributed by atoms with E-state index in [1.807, 2.05) is 6.07 Å². The van der Waals surface area contributed by atoms with E-state index in [0.29, 0.717) is 5.75 Å². The zero-order valence-electron chi connectivity index (χ0n) is 36.9. The Hall–Kier alpha value is -8.76. The molecule has 0 saturated carbocycles. The summed E-state index contributed by atoms with van der Waals surface area (Å²) in [6, 6.07) is 5.25. The molecule has 1 heterocycles. The summed E-state index contributed by atoms with van der Waals surface area (Å²) in [6.07, 6.45) is 0. The summed E-state index contributed by atoms with van der Waals surface area (Å²) in [5, 5.41) is 111. The van der Waals surface area contributed by atoms with Crippen molar-refractivity contribution in [3.63, 3.8) is 0 Å². The summed E-state index contributed by atoms with van der Waals surface area (Å²) in [5.41, 5.74) is 6.35. The van der Waals surface area contributed by atoms with Crippen LogP contribution in [0.2, 0.25) is 0 Å². The van der Waals surface area contributed by atoms with E-state index in [0.717, 1.165) is 12.1 Å². The number of nitrogens with zero attached hydrogens (tertiary/aromatic N) is 1. The van der Waals surface area contributed by atoms with Crippen LogP contribution < -0.4 is 0 Å². The molecule has 29 aromatic carbocycles. The molecule has 3 heteroatoms. The van der Waals surface area contributed by atoms with E-state index in [9.17, 15) is 10.2 Å². The van der Waals surface area contributed by atoms with E-state index in [4.69, 9.17) is 0 Å². The first kappa shape index (κ1) is 27.0. The van der Waals surface area contributed by atoms with Crippen molar-refractivity contribution >= 4 is 291 Å². The van der Waals surface area contributed by atoms with Gasteiger partial charge >= 0.3 is 0 Å². The average Bonchev–Trinajstić information content (AvgIpc) is 4.29. The number of rotatable bonds is 1. The van der Waals surface area contributed by atoms with Gasteiger partial charge in [0, 0.05) is 12.1 Å². The van der Waals surface area contributed by atoms with E-state index < -0.39 is 10.8 Å². The molecule has 34 rings (SSSR count). The highest BCUT2D eigenvalue weighted by molar-refractivity contribution is 6.82. The molecule has 2 N–H and O–H groups in total. The van der Waals surface area contributed by atoms with Gasteiger partial charge in [-0.3, -0.25) is 4.90 Å². The van der Waals surface area contributed by atoms with Gasteiger partial charge in [-0.05, 0) is 338 Å². The molecule has 0 bridgehead atoms. The van der Waals surface area contributed by atoms with Gasteiger partial charge in [-0.1, -0.05) is 0 Å². The Labute approximate surface area is 391 Å². The minimum absolute atomic E-state index is 0.222. The van der Waals surface area contributed by atoms with Crippen LogP contribution in [0, 0.1) is 0 Å². The van der Waals surface area contributed by atoms with Crippen LogP contribution in [0.25, 0.3) is 291 Å². The van der Waals surface area contributed by atoms with Crippen LogP contribution in [0.15, 0.2) is 18.2 Å². The van der Waals surface area contributed by atoms with Crippen LogP contribution >= 0.6 is 0 Å². The molecule has 72 heavy (non-hydrogen) atoms. The van der Waals surface area contributed by atoms with Crippen molar-refractivity contribution in [2.45, 2.75) is 16.9 Å². The van der Waals surface area contributed by atoms with Gasteiger partial charge in [-0.15, -0.1) is 0 Å². The second-order valence-electron chi connectivity index (χ2n) is 26.5. The lowest BCUT2D eigenvalue weighted by Crippen LogP contribution is -2.51. The Morgan fingerprint density at radius 1 is 0.306 bits per heavy atom. The summed E-state index contributed by atoms with van der Waals surface area (Å²) in [6.45, 7) is 0.864. The topological polar surface area (TPSA) is 43.7 Å². The van der Waals surface area contributed by atoms with Gasteiger partial charge in [0.05, 0.1) is 16.9 Å². The zero-order chi connectivity index (χ0) is 43.2. The fourth-order valence-corrected chi connectivity index (χ4v) is 26.3. The first-order chi connectivity index (χ1) is 35.7. The summed E-state index contributed by atoms with van der Waals surface area (Å²) < 4.78 is 0. The summed E-state index contributed by atoms with van der Waals surface area (Å²) in [4.78, 5) is 2.71. The Bertz CT molecular complexity index is 7320. The highest BCUT2D eigenvalue weighted by Gasteiger charge is 2.76. The smallest absolute Gasteiger partial charge is 0.120 e. The molecule has 2 spiro atoms. The quantitative estimate of drug-likeness (QED) is 0.127. The second kappa shape index (κ2) is 6.06. The lowest BCUT2D eigenvalue weighted by Gasteiger charge is -2.52. The maximum Gasteiger partial charge on any atom is 0.120 e. The molecule has 4 aliphatic carbocycles. The maximum absolute atomic E-state index is 12.7. The number of phenols is 2. The summed E-state index contributed by atoms with van der Waals surface area (Å²) in [5.74, 6) is 0.542. The summed E-state index contributed by atoms with van der Waals surface area (Å²) >= 11 is 0. The van der Waals surface area contributed by atoms with Crippen molar-refractivity contribution in [1.82, 2.24) is 4.90 Å². The molecule has 29 aromatic rings. The molecule has 1 aliphatic heterocycles. The molecular weight excluding hydrogens is 875 g/mol. The van der Waals surface area contributed by atoms with Crippen molar-refractivity contribution in [1.29, 1.82) is 0 Å². The Morgan fingerprint density at radius 3 is 0.750 bits per heavy atom. The molecule has 304 valence electrons. The monoisotopic (exact) mass is 885 g/mol. The molecule has 0 amide bonds. The van der Waals surface area contributed by atoms with Crippen LogP contribution in [-0.2, 0) is 10.8 Å². The van der Waals surface area contributed by atoms with Crippen molar-refractivity contribution < 1.29 is 10.2 Å². The van der Waals surface area contributed by atoms with Crippen LogP contribution in [0.4, 0.5) is 0 Å². The van der Waals surface area contributed by atoms with Crippen LogP contribution in [0.3, 0.4) is 0 Å². The van der Waals surface area contributed by atoms with Gasteiger partial charge in [-0.25, -0.2) is 0 Å². The third-order valence-corrected chi connectivity index (χ3v) is 26.2. The van der Waals surface area contributed by atoms with Crippen LogP contribution in [-0.4, -0.2) is 28.7 Å². The number of aromatic hydroxyl groups is 2. The van der Waals surface area contributed by atoms with Gasteiger partial charge in [0.15, 0.2) is 0 Å². The predicted octanol–water partition coefficient (Wildman–Crippen LogP) is 17.4.